The highest BCUT2D eigenvalue weighted by Gasteiger charge is 1.98. The molecule has 1 N–H and O–H groups in total. The number of rotatable bonds is 7. The fourth-order valence-corrected chi connectivity index (χ4v) is 2.31. The Balaban J connectivity index is 1.45. The smallest absolute Gasteiger partial charge is 0.123 e. The van der Waals surface area contributed by atoms with Gasteiger partial charge in [-0.1, -0.05) is 30.3 Å². The van der Waals surface area contributed by atoms with E-state index in [-0.39, 0.29) is 5.82 Å². The van der Waals surface area contributed by atoms with Gasteiger partial charge in [0.15, 0.2) is 0 Å². The molecule has 0 saturated carbocycles. The number of halogens is 1. The van der Waals surface area contributed by atoms with E-state index < -0.39 is 0 Å². The van der Waals surface area contributed by atoms with Crippen LogP contribution in [0.25, 0.3) is 0 Å². The maximum Gasteiger partial charge on any atom is 0.123 e. The van der Waals surface area contributed by atoms with Gasteiger partial charge in [-0.15, -0.1) is 0 Å². The molecule has 0 radical (unpaired) electrons. The third-order valence-electron chi connectivity index (χ3n) is 3.62. The standard InChI is InChI=1S/C20H19FN2O/c21-19-7-3-16(4-8-19)12-23-13-17-5-9-20(10-6-17)24-15-18-2-1-11-22-14-18/h1-11,14,23H,12-13,15H2. The fourth-order valence-electron chi connectivity index (χ4n) is 2.31. The molecule has 1 heterocycles. The first-order chi connectivity index (χ1) is 11.8. The molecule has 0 atom stereocenters. The zero-order valence-corrected chi connectivity index (χ0v) is 13.3. The number of nitrogens with one attached hydrogen (secondary N) is 1. The van der Waals surface area contributed by atoms with Crippen LogP contribution in [0, 0.1) is 5.82 Å². The predicted octanol–water partition coefficient (Wildman–Crippen LogP) is 4.09. The van der Waals surface area contributed by atoms with E-state index in [0.717, 1.165) is 23.4 Å². The zero-order valence-electron chi connectivity index (χ0n) is 13.3. The first-order valence-electron chi connectivity index (χ1n) is 7.85. The Bertz CT molecular complexity index is 743. The van der Waals surface area contributed by atoms with Crippen molar-refractivity contribution in [1.82, 2.24) is 10.3 Å². The number of hydrogen-bond donors (Lipinski definition) is 1. The third-order valence-corrected chi connectivity index (χ3v) is 3.62. The molecule has 2 aromatic carbocycles. The summed E-state index contributed by atoms with van der Waals surface area (Å²) in [5.41, 5.74) is 3.28. The van der Waals surface area contributed by atoms with E-state index in [0.29, 0.717) is 13.2 Å². The average Bonchev–Trinajstić information content (AvgIpc) is 2.64. The van der Waals surface area contributed by atoms with Crippen LogP contribution >= 0.6 is 0 Å². The van der Waals surface area contributed by atoms with Crippen molar-refractivity contribution < 1.29 is 9.13 Å². The molecule has 0 bridgehead atoms. The molecule has 0 unspecified atom stereocenters. The first kappa shape index (κ1) is 16.1. The van der Waals surface area contributed by atoms with Crippen LogP contribution in [0.5, 0.6) is 5.75 Å². The summed E-state index contributed by atoms with van der Waals surface area (Å²) >= 11 is 0. The predicted molar refractivity (Wildman–Crippen MR) is 92.0 cm³/mol. The quantitative estimate of drug-likeness (QED) is 0.711. The van der Waals surface area contributed by atoms with E-state index in [1.54, 1.807) is 24.5 Å². The highest BCUT2D eigenvalue weighted by Crippen LogP contribution is 2.14. The molecule has 1 aromatic heterocycles. The number of ether oxygens (including phenoxy) is 1. The van der Waals surface area contributed by atoms with Crippen molar-refractivity contribution in [3.05, 3.63) is 95.6 Å². The lowest BCUT2D eigenvalue weighted by molar-refractivity contribution is 0.305. The molecule has 4 heteroatoms. The molecule has 122 valence electrons. The Morgan fingerprint density at radius 1 is 0.833 bits per heavy atom. The van der Waals surface area contributed by atoms with E-state index in [9.17, 15) is 4.39 Å². The van der Waals surface area contributed by atoms with Crippen LogP contribution in [-0.2, 0) is 19.7 Å². The molecule has 0 amide bonds. The van der Waals surface area contributed by atoms with Crippen molar-refractivity contribution in [2.45, 2.75) is 19.7 Å². The second kappa shape index (κ2) is 8.22. The molecule has 24 heavy (non-hydrogen) atoms. The van der Waals surface area contributed by atoms with Crippen LogP contribution in [0.15, 0.2) is 73.1 Å². The molecule has 0 spiro atoms. The lowest BCUT2D eigenvalue weighted by Gasteiger charge is -2.08. The molecule has 3 nitrogen and oxygen atoms in total. The largest absolute Gasteiger partial charge is 0.489 e. The van der Waals surface area contributed by atoms with Crippen LogP contribution < -0.4 is 10.1 Å². The van der Waals surface area contributed by atoms with Gasteiger partial charge in [0.1, 0.15) is 18.2 Å². The van der Waals surface area contributed by atoms with Gasteiger partial charge >= 0.3 is 0 Å². The zero-order chi connectivity index (χ0) is 16.6. The van der Waals surface area contributed by atoms with E-state index in [1.807, 2.05) is 36.4 Å². The van der Waals surface area contributed by atoms with Crippen LogP contribution in [0.4, 0.5) is 4.39 Å². The molecule has 0 saturated heterocycles. The normalized spacial score (nSPS) is 10.5. The van der Waals surface area contributed by atoms with Crippen molar-refractivity contribution in [2.24, 2.45) is 0 Å². The molecule has 3 rings (SSSR count). The van der Waals surface area contributed by atoms with E-state index in [1.165, 1.54) is 17.7 Å². The van der Waals surface area contributed by atoms with Crippen LogP contribution in [0.2, 0.25) is 0 Å². The second-order valence-electron chi connectivity index (χ2n) is 5.52. The van der Waals surface area contributed by atoms with Gasteiger partial charge in [0.05, 0.1) is 0 Å². The molecular weight excluding hydrogens is 303 g/mol. The number of aromatic nitrogens is 1. The van der Waals surface area contributed by atoms with Gasteiger partial charge in [0.25, 0.3) is 0 Å². The summed E-state index contributed by atoms with van der Waals surface area (Å²) in [7, 11) is 0. The molecule has 0 aliphatic heterocycles. The maximum atomic E-state index is 12.8. The highest BCUT2D eigenvalue weighted by molar-refractivity contribution is 5.27. The van der Waals surface area contributed by atoms with Gasteiger partial charge in [0.2, 0.25) is 0 Å². The summed E-state index contributed by atoms with van der Waals surface area (Å²) in [4.78, 5) is 4.07. The second-order valence-corrected chi connectivity index (χ2v) is 5.52. The van der Waals surface area contributed by atoms with Gasteiger partial charge < -0.3 is 10.1 Å². The van der Waals surface area contributed by atoms with Gasteiger partial charge in [-0.3, -0.25) is 4.98 Å². The third kappa shape index (κ3) is 4.89. The Morgan fingerprint density at radius 3 is 2.12 bits per heavy atom. The van der Waals surface area contributed by atoms with Crippen molar-refractivity contribution in [3.63, 3.8) is 0 Å². The summed E-state index contributed by atoms with van der Waals surface area (Å²) in [6, 6.07) is 18.4. The van der Waals surface area contributed by atoms with Crippen LogP contribution in [0.1, 0.15) is 16.7 Å². The maximum absolute atomic E-state index is 12.8. The Hall–Kier alpha value is -2.72. The topological polar surface area (TPSA) is 34.1 Å². The molecule has 3 aromatic rings. The fraction of sp³-hybridized carbons (Fsp3) is 0.150. The van der Waals surface area contributed by atoms with Gasteiger partial charge in [-0.2, -0.15) is 0 Å². The number of nitrogens with zero attached hydrogens (tertiary/aromatic N) is 1. The SMILES string of the molecule is Fc1ccc(CNCc2ccc(OCc3cccnc3)cc2)cc1. The number of pyridine rings is 1. The highest BCUT2D eigenvalue weighted by atomic mass is 19.1. The Kier molecular flexibility index (Phi) is 5.53. The summed E-state index contributed by atoms with van der Waals surface area (Å²) < 4.78 is 18.6. The minimum atomic E-state index is -0.208. The van der Waals surface area contributed by atoms with Gasteiger partial charge in [-0.05, 0) is 41.5 Å². The Morgan fingerprint density at radius 2 is 1.50 bits per heavy atom. The van der Waals surface area contributed by atoms with E-state index in [4.69, 9.17) is 4.74 Å². The van der Waals surface area contributed by atoms with E-state index >= 15 is 0 Å². The number of benzene rings is 2. The van der Waals surface area contributed by atoms with Crippen LogP contribution in [0.3, 0.4) is 0 Å². The summed E-state index contributed by atoms with van der Waals surface area (Å²) in [6.07, 6.45) is 3.55. The lowest BCUT2D eigenvalue weighted by atomic mass is 10.2. The Labute approximate surface area is 141 Å². The monoisotopic (exact) mass is 322 g/mol. The molecular formula is C20H19FN2O. The minimum absolute atomic E-state index is 0.208. The van der Waals surface area contributed by atoms with Crippen LogP contribution in [-0.4, -0.2) is 4.98 Å². The summed E-state index contributed by atoms with van der Waals surface area (Å²) in [5, 5.41) is 3.34. The van der Waals surface area contributed by atoms with Gasteiger partial charge in [0, 0.05) is 31.0 Å². The molecule has 0 fully saturated rings. The summed E-state index contributed by atoms with van der Waals surface area (Å²) in [6.45, 7) is 1.97. The molecule has 0 aliphatic rings. The van der Waals surface area contributed by atoms with E-state index in [2.05, 4.69) is 10.3 Å². The number of hydrogen-bond acceptors (Lipinski definition) is 3. The van der Waals surface area contributed by atoms with Crippen molar-refractivity contribution in [1.29, 1.82) is 0 Å². The average molecular weight is 322 g/mol. The summed E-state index contributed by atoms with van der Waals surface area (Å²) in [5.74, 6) is 0.627. The van der Waals surface area contributed by atoms with Gasteiger partial charge in [-0.25, -0.2) is 4.39 Å². The van der Waals surface area contributed by atoms with Crippen molar-refractivity contribution in [3.8, 4) is 5.75 Å². The first-order valence-corrected chi connectivity index (χ1v) is 7.85. The lowest BCUT2D eigenvalue weighted by Crippen LogP contribution is -2.12. The van der Waals surface area contributed by atoms with Crippen molar-refractivity contribution >= 4 is 0 Å². The van der Waals surface area contributed by atoms with Crippen molar-refractivity contribution in [2.75, 3.05) is 0 Å². The minimum Gasteiger partial charge on any atom is -0.489 e. The molecule has 0 aliphatic carbocycles.